The van der Waals surface area contributed by atoms with E-state index in [0.29, 0.717) is 16.7 Å². The highest BCUT2D eigenvalue weighted by Gasteiger charge is 2.22. The van der Waals surface area contributed by atoms with E-state index in [1.165, 1.54) is 17.3 Å². The summed E-state index contributed by atoms with van der Waals surface area (Å²) in [6.45, 7) is 2.91. The zero-order valence-electron chi connectivity index (χ0n) is 20.2. The van der Waals surface area contributed by atoms with E-state index in [9.17, 15) is 4.79 Å². The van der Waals surface area contributed by atoms with Gasteiger partial charge in [0.1, 0.15) is 5.75 Å². The van der Waals surface area contributed by atoms with Crippen molar-refractivity contribution in [3.63, 3.8) is 0 Å². The maximum absolute atomic E-state index is 12.8. The van der Waals surface area contributed by atoms with Crippen LogP contribution >= 0.6 is 11.8 Å². The van der Waals surface area contributed by atoms with Gasteiger partial charge in [0.05, 0.1) is 24.8 Å². The van der Waals surface area contributed by atoms with Crippen LogP contribution in [0, 0.1) is 0 Å². The number of furan rings is 1. The van der Waals surface area contributed by atoms with Crippen LogP contribution in [0.15, 0.2) is 82.6 Å². The molecule has 1 aliphatic rings. The summed E-state index contributed by atoms with van der Waals surface area (Å²) in [6.07, 6.45) is 3.51. The minimum Gasteiger partial charge on any atom is -0.497 e. The van der Waals surface area contributed by atoms with Crippen molar-refractivity contribution in [1.29, 1.82) is 0 Å². The molecule has 1 saturated heterocycles. The smallest absolute Gasteiger partial charge is 0.230 e. The highest BCUT2D eigenvalue weighted by molar-refractivity contribution is 7.99. The zero-order valence-corrected chi connectivity index (χ0v) is 21.0. The number of carbonyl (C=O) groups excluding carboxylic acids is 1. The van der Waals surface area contributed by atoms with E-state index in [1.807, 2.05) is 47.0 Å². The predicted molar refractivity (Wildman–Crippen MR) is 139 cm³/mol. The van der Waals surface area contributed by atoms with Crippen molar-refractivity contribution < 1.29 is 13.9 Å². The third-order valence-corrected chi connectivity index (χ3v) is 7.17. The molecule has 9 heteroatoms. The number of ether oxygens (including phenoxy) is 1. The molecule has 5 rings (SSSR count). The van der Waals surface area contributed by atoms with Crippen molar-refractivity contribution in [1.82, 2.24) is 25.0 Å². The first-order valence-corrected chi connectivity index (χ1v) is 13.0. The molecule has 0 atom stereocenters. The Labute approximate surface area is 214 Å². The summed E-state index contributed by atoms with van der Waals surface area (Å²) < 4.78 is 12.8. The van der Waals surface area contributed by atoms with Crippen LogP contribution in [0.4, 0.5) is 0 Å². The van der Waals surface area contributed by atoms with Crippen LogP contribution in [-0.2, 0) is 11.3 Å². The van der Waals surface area contributed by atoms with E-state index in [0.717, 1.165) is 43.9 Å². The summed E-state index contributed by atoms with van der Waals surface area (Å²) in [5, 5.41) is 12.5. The molecule has 3 heterocycles. The summed E-state index contributed by atoms with van der Waals surface area (Å²) >= 11 is 1.36. The molecule has 0 aliphatic carbocycles. The lowest BCUT2D eigenvalue weighted by molar-refractivity contribution is -0.119. The molecule has 1 fully saturated rings. The Hall–Kier alpha value is -3.56. The monoisotopic (exact) mass is 503 g/mol. The van der Waals surface area contributed by atoms with Gasteiger partial charge < -0.3 is 14.5 Å². The number of hydrogen-bond donors (Lipinski definition) is 1. The number of piperidine rings is 1. The maximum Gasteiger partial charge on any atom is 0.230 e. The molecule has 4 aromatic rings. The van der Waals surface area contributed by atoms with Gasteiger partial charge in [0.15, 0.2) is 10.9 Å². The van der Waals surface area contributed by atoms with Crippen LogP contribution in [0.5, 0.6) is 5.75 Å². The molecule has 36 heavy (non-hydrogen) atoms. The summed E-state index contributed by atoms with van der Waals surface area (Å²) in [5.41, 5.74) is 2.19. The Kier molecular flexibility index (Phi) is 7.68. The number of nitrogens with one attached hydrogen (secondary N) is 1. The first-order chi connectivity index (χ1) is 17.7. The van der Waals surface area contributed by atoms with E-state index in [1.54, 1.807) is 13.4 Å². The number of likely N-dealkylation sites (tertiary alicyclic amines) is 1. The molecule has 186 valence electrons. The predicted octanol–water partition coefficient (Wildman–Crippen LogP) is 4.41. The summed E-state index contributed by atoms with van der Waals surface area (Å²) in [6, 6.07) is 22.0. The third kappa shape index (κ3) is 5.80. The molecule has 8 nitrogen and oxygen atoms in total. The number of benzene rings is 2. The van der Waals surface area contributed by atoms with Crippen molar-refractivity contribution in [3.05, 3.63) is 78.6 Å². The normalized spacial score (nSPS) is 14.6. The van der Waals surface area contributed by atoms with Gasteiger partial charge in [0.25, 0.3) is 0 Å². The minimum atomic E-state index is 0.00494. The molecular formula is C27H29N5O3S. The number of hydrogen-bond acceptors (Lipinski definition) is 7. The van der Waals surface area contributed by atoms with Gasteiger partial charge in [-0.1, -0.05) is 42.1 Å². The van der Waals surface area contributed by atoms with Crippen LogP contribution in [0.1, 0.15) is 18.4 Å². The molecule has 1 N–H and O–H groups in total. The Morgan fingerprint density at radius 3 is 2.53 bits per heavy atom. The Bertz CT molecular complexity index is 1250. The lowest BCUT2D eigenvalue weighted by atomic mass is 10.0. The highest BCUT2D eigenvalue weighted by atomic mass is 32.2. The molecule has 0 bridgehead atoms. The second-order valence-electron chi connectivity index (χ2n) is 8.71. The highest BCUT2D eigenvalue weighted by Crippen LogP contribution is 2.29. The second kappa shape index (κ2) is 11.5. The van der Waals surface area contributed by atoms with Gasteiger partial charge in [0.2, 0.25) is 11.7 Å². The quantitative estimate of drug-likeness (QED) is 0.339. The van der Waals surface area contributed by atoms with E-state index < -0.39 is 0 Å². The topological polar surface area (TPSA) is 85.4 Å². The average Bonchev–Trinajstić information content (AvgIpc) is 3.59. The summed E-state index contributed by atoms with van der Waals surface area (Å²) in [5.74, 6) is 2.22. The number of thioether (sulfide) groups is 1. The van der Waals surface area contributed by atoms with Crippen molar-refractivity contribution in [2.75, 3.05) is 26.0 Å². The number of amides is 1. The van der Waals surface area contributed by atoms with Crippen molar-refractivity contribution >= 4 is 17.7 Å². The summed E-state index contributed by atoms with van der Waals surface area (Å²) in [4.78, 5) is 15.2. The molecule has 2 aromatic carbocycles. The van der Waals surface area contributed by atoms with E-state index in [2.05, 4.69) is 44.7 Å². The van der Waals surface area contributed by atoms with E-state index >= 15 is 0 Å². The van der Waals surface area contributed by atoms with Crippen molar-refractivity contribution in [3.8, 4) is 23.0 Å². The van der Waals surface area contributed by atoms with Gasteiger partial charge in [-0.3, -0.25) is 14.3 Å². The van der Waals surface area contributed by atoms with Crippen LogP contribution in [-0.4, -0.2) is 57.6 Å². The van der Waals surface area contributed by atoms with Gasteiger partial charge in [-0.25, -0.2) is 0 Å². The van der Waals surface area contributed by atoms with Crippen LogP contribution < -0.4 is 10.1 Å². The Morgan fingerprint density at radius 2 is 1.83 bits per heavy atom. The largest absolute Gasteiger partial charge is 0.497 e. The molecule has 2 aromatic heterocycles. The van der Waals surface area contributed by atoms with Gasteiger partial charge in [-0.2, -0.15) is 0 Å². The fourth-order valence-electron chi connectivity index (χ4n) is 4.37. The number of nitrogens with zero attached hydrogens (tertiary/aromatic N) is 4. The molecule has 0 radical (unpaired) electrons. The number of rotatable bonds is 9. The van der Waals surface area contributed by atoms with E-state index in [-0.39, 0.29) is 17.7 Å². The molecule has 0 unspecified atom stereocenters. The molecule has 0 saturated carbocycles. The number of carbonyl (C=O) groups is 1. The maximum atomic E-state index is 12.8. The van der Waals surface area contributed by atoms with E-state index in [4.69, 9.17) is 9.15 Å². The first kappa shape index (κ1) is 24.1. The minimum absolute atomic E-state index is 0.00494. The van der Waals surface area contributed by atoms with Gasteiger partial charge >= 0.3 is 0 Å². The molecule has 1 amide bonds. The third-order valence-electron chi connectivity index (χ3n) is 6.24. The molecule has 0 spiro atoms. The average molecular weight is 504 g/mol. The van der Waals surface area contributed by atoms with Gasteiger partial charge in [-0.05, 0) is 54.8 Å². The first-order valence-electron chi connectivity index (χ1n) is 12.0. The van der Waals surface area contributed by atoms with Crippen molar-refractivity contribution in [2.45, 2.75) is 30.6 Å². The van der Waals surface area contributed by atoms with Gasteiger partial charge in [0, 0.05) is 25.7 Å². The number of methoxy groups -OCH3 is 1. The zero-order chi connectivity index (χ0) is 24.7. The van der Waals surface area contributed by atoms with Crippen molar-refractivity contribution in [2.24, 2.45) is 0 Å². The standard InChI is InChI=1S/C27H29N5O3S/c1-34-23-11-9-22(10-12-23)32-26(24-8-5-17-35-24)29-30-27(32)36-19-25(33)28-21-13-15-31(16-14-21)18-20-6-3-2-4-7-20/h2-12,17,21H,13-16,18-19H2,1H3,(H,28,33). The van der Waals surface area contributed by atoms with Crippen LogP contribution in [0.25, 0.3) is 17.3 Å². The fraction of sp³-hybridized carbons (Fsp3) is 0.296. The number of aromatic nitrogens is 3. The lowest BCUT2D eigenvalue weighted by Crippen LogP contribution is -2.44. The Morgan fingerprint density at radius 1 is 1.06 bits per heavy atom. The fourth-order valence-corrected chi connectivity index (χ4v) is 5.13. The lowest BCUT2D eigenvalue weighted by Gasteiger charge is -2.32. The molecular weight excluding hydrogens is 474 g/mol. The van der Waals surface area contributed by atoms with Crippen LogP contribution in [0.3, 0.4) is 0 Å². The SMILES string of the molecule is COc1ccc(-n2c(SCC(=O)NC3CCN(Cc4ccccc4)CC3)nnc2-c2ccco2)cc1. The second-order valence-corrected chi connectivity index (χ2v) is 9.65. The summed E-state index contributed by atoms with van der Waals surface area (Å²) in [7, 11) is 1.63. The molecule has 1 aliphatic heterocycles. The van der Waals surface area contributed by atoms with Crippen LogP contribution in [0.2, 0.25) is 0 Å². The Balaban J connectivity index is 1.19. The van der Waals surface area contributed by atoms with Gasteiger partial charge in [-0.15, -0.1) is 10.2 Å².